The molecule has 0 aliphatic carbocycles. The van der Waals surface area contributed by atoms with E-state index in [4.69, 9.17) is 11.6 Å². The van der Waals surface area contributed by atoms with Crippen LogP contribution in [0, 0.1) is 5.82 Å². The fourth-order valence-electron chi connectivity index (χ4n) is 1.39. The normalized spacial score (nSPS) is 10.4. The molecule has 2 aromatic rings. The highest BCUT2D eigenvalue weighted by Crippen LogP contribution is 2.17. The number of halogens is 2. The zero-order valence-corrected chi connectivity index (χ0v) is 11.5. The van der Waals surface area contributed by atoms with Crippen LogP contribution in [-0.4, -0.2) is 22.0 Å². The van der Waals surface area contributed by atoms with Crippen molar-refractivity contribution in [3.8, 4) is 0 Å². The lowest BCUT2D eigenvalue weighted by Crippen LogP contribution is -2.11. The maximum Gasteiger partial charge on any atom is 0.257 e. The van der Waals surface area contributed by atoms with Crippen LogP contribution in [0.4, 0.5) is 9.52 Å². The Hall–Kier alpha value is -1.53. The monoisotopic (exact) mass is 299 g/mol. The number of aromatic nitrogens is 2. The summed E-state index contributed by atoms with van der Waals surface area (Å²) in [5, 5.41) is 11.7. The number of alkyl halides is 1. The Morgan fingerprint density at radius 1 is 1.32 bits per heavy atom. The summed E-state index contributed by atoms with van der Waals surface area (Å²) in [4.78, 5) is 11.8. The van der Waals surface area contributed by atoms with E-state index in [0.717, 1.165) is 17.8 Å². The number of carbonyl (C=O) groups is 1. The van der Waals surface area contributed by atoms with Gasteiger partial charge in [0.25, 0.3) is 5.91 Å². The van der Waals surface area contributed by atoms with Crippen molar-refractivity contribution >= 4 is 34.0 Å². The van der Waals surface area contributed by atoms with Gasteiger partial charge in [-0.1, -0.05) is 11.3 Å². The predicted molar refractivity (Wildman–Crippen MR) is 73.3 cm³/mol. The van der Waals surface area contributed by atoms with E-state index in [2.05, 4.69) is 15.5 Å². The number of hydrogen-bond acceptors (Lipinski definition) is 4. The number of aryl methyl sites for hydroxylation is 1. The first kappa shape index (κ1) is 13.9. The molecule has 7 heteroatoms. The number of amides is 1. The Morgan fingerprint density at radius 2 is 2.05 bits per heavy atom. The lowest BCUT2D eigenvalue weighted by atomic mass is 10.2. The van der Waals surface area contributed by atoms with Crippen molar-refractivity contribution in [2.75, 3.05) is 11.2 Å². The first-order valence-electron chi connectivity index (χ1n) is 5.64. The molecule has 0 spiro atoms. The highest BCUT2D eigenvalue weighted by Gasteiger charge is 2.10. The standard InChI is InChI=1S/C12H11ClFN3OS/c13-7-1-2-10-16-17-12(19-10)15-11(18)8-3-5-9(14)6-4-8/h3-6H,1-2,7H2,(H,15,17,18). The van der Waals surface area contributed by atoms with Gasteiger partial charge in [-0.05, 0) is 30.7 Å². The number of rotatable bonds is 5. The Balaban J connectivity index is 1.98. The average Bonchev–Trinajstić information content (AvgIpc) is 2.84. The molecule has 1 aromatic carbocycles. The van der Waals surface area contributed by atoms with Crippen molar-refractivity contribution in [2.24, 2.45) is 0 Å². The smallest absolute Gasteiger partial charge is 0.257 e. The molecular weight excluding hydrogens is 289 g/mol. The third kappa shape index (κ3) is 3.97. The third-order valence-electron chi connectivity index (χ3n) is 2.32. The van der Waals surface area contributed by atoms with Gasteiger partial charge in [0.2, 0.25) is 5.13 Å². The first-order chi connectivity index (χ1) is 9.19. The fraction of sp³-hybridized carbons (Fsp3) is 0.250. The van der Waals surface area contributed by atoms with Crippen molar-refractivity contribution in [1.82, 2.24) is 10.2 Å². The summed E-state index contributed by atoms with van der Waals surface area (Å²) in [5.74, 6) is -0.146. The van der Waals surface area contributed by atoms with Crippen LogP contribution in [-0.2, 0) is 6.42 Å². The Morgan fingerprint density at radius 3 is 2.74 bits per heavy atom. The summed E-state index contributed by atoms with van der Waals surface area (Å²) in [7, 11) is 0. The highest BCUT2D eigenvalue weighted by molar-refractivity contribution is 7.15. The van der Waals surface area contributed by atoms with Gasteiger partial charge >= 0.3 is 0 Å². The fourth-order valence-corrected chi connectivity index (χ4v) is 2.30. The number of carbonyl (C=O) groups excluding carboxylic acids is 1. The van der Waals surface area contributed by atoms with Gasteiger partial charge in [0, 0.05) is 17.9 Å². The topological polar surface area (TPSA) is 54.9 Å². The van der Waals surface area contributed by atoms with E-state index in [-0.39, 0.29) is 11.7 Å². The SMILES string of the molecule is O=C(Nc1nnc(CCCCl)s1)c1ccc(F)cc1. The van der Waals surface area contributed by atoms with Crippen LogP contribution in [0.2, 0.25) is 0 Å². The average molecular weight is 300 g/mol. The van der Waals surface area contributed by atoms with Gasteiger partial charge in [-0.3, -0.25) is 10.1 Å². The van der Waals surface area contributed by atoms with E-state index in [9.17, 15) is 9.18 Å². The summed E-state index contributed by atoms with van der Waals surface area (Å²) < 4.78 is 12.7. The predicted octanol–water partition coefficient (Wildman–Crippen LogP) is 3.10. The molecule has 19 heavy (non-hydrogen) atoms. The van der Waals surface area contributed by atoms with Gasteiger partial charge < -0.3 is 0 Å². The van der Waals surface area contributed by atoms with Gasteiger partial charge in [0.1, 0.15) is 10.8 Å². The number of nitrogens with zero attached hydrogens (tertiary/aromatic N) is 2. The summed E-state index contributed by atoms with van der Waals surface area (Å²) in [6, 6.07) is 5.31. The maximum atomic E-state index is 12.7. The second-order valence-electron chi connectivity index (χ2n) is 3.75. The molecule has 0 radical (unpaired) electrons. The molecule has 1 aromatic heterocycles. The van der Waals surface area contributed by atoms with Crippen LogP contribution >= 0.6 is 22.9 Å². The third-order valence-corrected chi connectivity index (χ3v) is 3.48. The van der Waals surface area contributed by atoms with Crippen LogP contribution < -0.4 is 5.32 Å². The summed E-state index contributed by atoms with van der Waals surface area (Å²) in [6.07, 6.45) is 1.57. The minimum Gasteiger partial charge on any atom is -0.296 e. The quantitative estimate of drug-likeness (QED) is 0.863. The highest BCUT2D eigenvalue weighted by atomic mass is 35.5. The summed E-state index contributed by atoms with van der Waals surface area (Å²) in [5.41, 5.74) is 0.374. The van der Waals surface area contributed by atoms with E-state index < -0.39 is 0 Å². The van der Waals surface area contributed by atoms with E-state index >= 15 is 0 Å². The molecule has 100 valence electrons. The number of hydrogen-bond donors (Lipinski definition) is 1. The lowest BCUT2D eigenvalue weighted by molar-refractivity contribution is 0.102. The second kappa shape index (κ2) is 6.58. The van der Waals surface area contributed by atoms with E-state index in [1.54, 1.807) is 0 Å². The van der Waals surface area contributed by atoms with Crippen molar-refractivity contribution in [1.29, 1.82) is 0 Å². The van der Waals surface area contributed by atoms with E-state index in [1.807, 2.05) is 0 Å². The van der Waals surface area contributed by atoms with Crippen LogP contribution in [0.25, 0.3) is 0 Å². The molecule has 1 N–H and O–H groups in total. The second-order valence-corrected chi connectivity index (χ2v) is 5.19. The summed E-state index contributed by atoms with van der Waals surface area (Å²) in [6.45, 7) is 0. The Kier molecular flexibility index (Phi) is 4.81. The molecule has 0 fully saturated rings. The van der Waals surface area contributed by atoms with Crippen LogP contribution in [0.5, 0.6) is 0 Å². The Bertz CT molecular complexity index is 558. The molecule has 2 rings (SSSR count). The minimum absolute atomic E-state index is 0.333. The van der Waals surface area contributed by atoms with E-state index in [0.29, 0.717) is 16.6 Å². The van der Waals surface area contributed by atoms with Crippen molar-refractivity contribution in [3.63, 3.8) is 0 Å². The number of benzene rings is 1. The van der Waals surface area contributed by atoms with Gasteiger partial charge in [-0.25, -0.2) is 4.39 Å². The minimum atomic E-state index is -0.379. The zero-order valence-electron chi connectivity index (χ0n) is 9.90. The van der Waals surface area contributed by atoms with Crippen LogP contribution in [0.3, 0.4) is 0 Å². The van der Waals surface area contributed by atoms with E-state index in [1.165, 1.54) is 35.6 Å². The van der Waals surface area contributed by atoms with Crippen molar-refractivity contribution in [3.05, 3.63) is 40.7 Å². The van der Waals surface area contributed by atoms with Gasteiger partial charge in [0.05, 0.1) is 0 Å². The Labute approximate surface area is 118 Å². The molecule has 0 bridgehead atoms. The largest absolute Gasteiger partial charge is 0.296 e. The molecule has 0 unspecified atom stereocenters. The zero-order chi connectivity index (χ0) is 13.7. The number of anilines is 1. The van der Waals surface area contributed by atoms with Gasteiger partial charge in [-0.15, -0.1) is 21.8 Å². The maximum absolute atomic E-state index is 12.7. The molecule has 0 aliphatic heterocycles. The van der Waals surface area contributed by atoms with Crippen LogP contribution in [0.1, 0.15) is 21.8 Å². The van der Waals surface area contributed by atoms with Crippen molar-refractivity contribution < 1.29 is 9.18 Å². The molecule has 1 heterocycles. The molecule has 1 amide bonds. The molecule has 0 saturated heterocycles. The molecule has 0 saturated carbocycles. The first-order valence-corrected chi connectivity index (χ1v) is 6.99. The van der Waals surface area contributed by atoms with Crippen LogP contribution in [0.15, 0.2) is 24.3 Å². The van der Waals surface area contributed by atoms with Gasteiger partial charge in [-0.2, -0.15) is 0 Å². The lowest BCUT2D eigenvalue weighted by Gasteiger charge is -2.00. The van der Waals surface area contributed by atoms with Crippen molar-refractivity contribution in [2.45, 2.75) is 12.8 Å². The molecule has 0 aliphatic rings. The molecule has 4 nitrogen and oxygen atoms in total. The summed E-state index contributed by atoms with van der Waals surface area (Å²) >= 11 is 6.90. The number of nitrogens with one attached hydrogen (secondary N) is 1. The molecule has 0 atom stereocenters. The van der Waals surface area contributed by atoms with Gasteiger partial charge in [0.15, 0.2) is 0 Å². The molecular formula is C12H11ClFN3OS.